The van der Waals surface area contributed by atoms with Crippen molar-refractivity contribution in [3.63, 3.8) is 0 Å². The Morgan fingerprint density at radius 1 is 1.14 bits per heavy atom. The number of carbonyl (C=O) groups is 4. The summed E-state index contributed by atoms with van der Waals surface area (Å²) in [6, 6.07) is 5.50. The number of rotatable bonds is 6. The number of hydrogen-bond acceptors (Lipinski definition) is 8. The highest BCUT2D eigenvalue weighted by Gasteiger charge is 2.62. The second-order valence-electron chi connectivity index (χ2n) is 14.8. The van der Waals surface area contributed by atoms with Crippen LogP contribution in [0.25, 0.3) is 10.8 Å². The number of pyridine rings is 1. The molecule has 1 saturated heterocycles. The van der Waals surface area contributed by atoms with E-state index in [4.69, 9.17) is 4.74 Å². The lowest BCUT2D eigenvalue weighted by Gasteiger charge is -2.35. The van der Waals surface area contributed by atoms with Crippen LogP contribution in [0, 0.1) is 11.3 Å². The van der Waals surface area contributed by atoms with Gasteiger partial charge in [-0.2, -0.15) is 0 Å². The summed E-state index contributed by atoms with van der Waals surface area (Å²) in [4.78, 5) is 61.0. The van der Waals surface area contributed by atoms with E-state index in [1.165, 1.54) is 11.0 Å². The maximum absolute atomic E-state index is 14.4. The molecule has 3 fully saturated rings. The standard InChI is InChI=1S/C35H46N6O7S/c1-5-23-19-35(23,32(44)40-49(46,47)25-12-13-25)39-29(42)27-18-24-20-41(27)31(43)28(34(2,3)4)38-33(45)37-15-8-6-7-9-21-10-11-22-14-16-36-30(48-24)26(22)17-21/h5,10-11,14,16-17,23-25,27-28H,1,6-9,12-13,15,18-20H2,2-4H3,(H,39,42)(H,40,44)(H2,37,38,45)/t23-,24+,27-,28+,35+/m0/s1. The van der Waals surface area contributed by atoms with E-state index in [0.717, 1.165) is 42.0 Å². The third kappa shape index (κ3) is 7.38. The van der Waals surface area contributed by atoms with Crippen LogP contribution in [0.4, 0.5) is 4.79 Å². The maximum atomic E-state index is 14.4. The lowest BCUT2D eigenvalue weighted by molar-refractivity contribution is -0.142. The smallest absolute Gasteiger partial charge is 0.315 e. The fourth-order valence-corrected chi connectivity index (χ4v) is 8.18. The summed E-state index contributed by atoms with van der Waals surface area (Å²) in [5.41, 5.74) is -1.12. The molecule has 0 unspecified atom stereocenters. The fraction of sp³-hybridized carbons (Fsp3) is 0.571. The Bertz CT molecular complexity index is 1770. The Balaban J connectivity index is 1.32. The molecule has 2 saturated carbocycles. The van der Waals surface area contributed by atoms with Gasteiger partial charge in [0.25, 0.3) is 5.91 Å². The Kier molecular flexibility index (Phi) is 9.38. The second-order valence-corrected chi connectivity index (χ2v) is 16.8. The Labute approximate surface area is 287 Å². The highest BCUT2D eigenvalue weighted by molar-refractivity contribution is 7.91. The van der Waals surface area contributed by atoms with Gasteiger partial charge in [0.2, 0.25) is 27.7 Å². The zero-order valence-corrected chi connectivity index (χ0v) is 29.1. The molecule has 4 aliphatic rings. The molecule has 3 heterocycles. The average molecular weight is 695 g/mol. The van der Waals surface area contributed by atoms with Crippen LogP contribution < -0.4 is 25.4 Å². The number of nitrogens with zero attached hydrogens (tertiary/aromatic N) is 2. The summed E-state index contributed by atoms with van der Waals surface area (Å²) >= 11 is 0. The van der Waals surface area contributed by atoms with Gasteiger partial charge in [0.15, 0.2) is 0 Å². The minimum absolute atomic E-state index is 0.0186. The summed E-state index contributed by atoms with van der Waals surface area (Å²) in [7, 11) is -3.87. The molecule has 5 amide bonds. The molecule has 6 rings (SSSR count). The number of benzene rings is 1. The molecule has 0 spiro atoms. The Hall–Kier alpha value is -4.20. The largest absolute Gasteiger partial charge is 0.472 e. The van der Waals surface area contributed by atoms with E-state index in [1.807, 2.05) is 32.9 Å². The molecule has 2 aromatic rings. The molecule has 13 nitrogen and oxygen atoms in total. The zero-order chi connectivity index (χ0) is 35.1. The number of aryl methyl sites for hydroxylation is 1. The van der Waals surface area contributed by atoms with Crippen LogP contribution in [0.2, 0.25) is 0 Å². The van der Waals surface area contributed by atoms with Gasteiger partial charge in [0.05, 0.1) is 11.8 Å². The summed E-state index contributed by atoms with van der Waals surface area (Å²) in [5, 5.41) is 9.66. The molecule has 4 bridgehead atoms. The van der Waals surface area contributed by atoms with Gasteiger partial charge in [-0.05, 0) is 67.0 Å². The van der Waals surface area contributed by atoms with Gasteiger partial charge in [-0.1, -0.05) is 45.4 Å². The first-order valence-electron chi connectivity index (χ1n) is 17.1. The van der Waals surface area contributed by atoms with Gasteiger partial charge < -0.3 is 25.6 Å². The first-order chi connectivity index (χ1) is 23.2. The molecule has 2 aliphatic heterocycles. The average Bonchev–Trinajstić information content (AvgIpc) is 3.97. The van der Waals surface area contributed by atoms with Crippen LogP contribution in [0.3, 0.4) is 0 Å². The second kappa shape index (κ2) is 13.3. The van der Waals surface area contributed by atoms with Crippen molar-refractivity contribution in [3.05, 3.63) is 48.7 Å². The fourth-order valence-electron chi connectivity index (χ4n) is 6.82. The van der Waals surface area contributed by atoms with Crippen molar-refractivity contribution < 1.29 is 32.3 Å². The normalized spacial score (nSPS) is 28.0. The minimum atomic E-state index is -3.87. The lowest BCUT2D eigenvalue weighted by atomic mass is 9.85. The van der Waals surface area contributed by atoms with Gasteiger partial charge in [0.1, 0.15) is 23.7 Å². The third-order valence-corrected chi connectivity index (χ3v) is 11.8. The predicted molar refractivity (Wildman–Crippen MR) is 183 cm³/mol. The van der Waals surface area contributed by atoms with Gasteiger partial charge >= 0.3 is 6.03 Å². The van der Waals surface area contributed by atoms with Gasteiger partial charge in [-0.15, -0.1) is 6.58 Å². The summed E-state index contributed by atoms with van der Waals surface area (Å²) < 4.78 is 33.9. The number of carbonyl (C=O) groups excluding carboxylic acids is 4. The van der Waals surface area contributed by atoms with Crippen LogP contribution in [0.5, 0.6) is 5.88 Å². The van der Waals surface area contributed by atoms with E-state index in [2.05, 4.69) is 44.4 Å². The first kappa shape index (κ1) is 34.7. The molecule has 1 aromatic heterocycles. The number of nitrogens with one attached hydrogen (secondary N) is 4. The maximum Gasteiger partial charge on any atom is 0.315 e. The van der Waals surface area contributed by atoms with E-state index in [-0.39, 0.29) is 19.4 Å². The van der Waals surface area contributed by atoms with Crippen molar-refractivity contribution in [2.24, 2.45) is 11.3 Å². The summed E-state index contributed by atoms with van der Waals surface area (Å²) in [6.07, 6.45) is 7.17. The Morgan fingerprint density at radius 3 is 2.61 bits per heavy atom. The quantitative estimate of drug-likeness (QED) is 0.334. The van der Waals surface area contributed by atoms with Crippen molar-refractivity contribution >= 4 is 44.5 Å². The number of ether oxygens (including phenoxy) is 1. The number of amides is 5. The van der Waals surface area contributed by atoms with Crippen LogP contribution in [0.1, 0.15) is 71.3 Å². The van der Waals surface area contributed by atoms with Crippen LogP contribution in [-0.2, 0) is 30.8 Å². The molecule has 0 radical (unpaired) electrons. The molecule has 5 atom stereocenters. The highest BCUT2D eigenvalue weighted by atomic mass is 32.2. The zero-order valence-electron chi connectivity index (χ0n) is 28.3. The van der Waals surface area contributed by atoms with E-state index in [0.29, 0.717) is 25.3 Å². The molecular formula is C35H46N6O7S. The van der Waals surface area contributed by atoms with Crippen molar-refractivity contribution in [2.45, 2.75) is 101 Å². The van der Waals surface area contributed by atoms with E-state index < -0.39 is 74.1 Å². The number of aromatic nitrogens is 1. The van der Waals surface area contributed by atoms with Crippen LogP contribution in [-0.4, -0.2) is 84.1 Å². The topological polar surface area (TPSA) is 176 Å². The molecule has 49 heavy (non-hydrogen) atoms. The SMILES string of the molecule is C=C[C@H]1C[C@]1(NC(=O)[C@@H]1C[C@@H]2CN1C(=O)[C@H](C(C)(C)C)NC(=O)NCCCCCc1ccc3ccnc(c3c1)O2)C(=O)NS(=O)(=O)C1CC1. The Morgan fingerprint density at radius 2 is 1.92 bits per heavy atom. The number of urea groups is 1. The van der Waals surface area contributed by atoms with Crippen molar-refractivity contribution in [3.8, 4) is 5.88 Å². The van der Waals surface area contributed by atoms with Crippen molar-refractivity contribution in [2.75, 3.05) is 13.1 Å². The number of sulfonamides is 1. The summed E-state index contributed by atoms with van der Waals surface area (Å²) in [5.74, 6) is -2.03. The van der Waals surface area contributed by atoms with Crippen LogP contribution in [0.15, 0.2) is 43.1 Å². The van der Waals surface area contributed by atoms with Crippen molar-refractivity contribution in [1.82, 2.24) is 30.6 Å². The molecule has 4 N–H and O–H groups in total. The van der Waals surface area contributed by atoms with Crippen molar-refractivity contribution in [1.29, 1.82) is 0 Å². The van der Waals surface area contributed by atoms with E-state index in [9.17, 15) is 27.6 Å². The molecular weight excluding hydrogens is 648 g/mol. The lowest BCUT2D eigenvalue weighted by Crippen LogP contribution is -2.61. The van der Waals surface area contributed by atoms with E-state index in [1.54, 1.807) is 6.20 Å². The highest BCUT2D eigenvalue weighted by Crippen LogP contribution is 2.45. The minimum Gasteiger partial charge on any atom is -0.472 e. The van der Waals surface area contributed by atoms with Gasteiger partial charge in [0, 0.05) is 30.5 Å². The molecule has 2 aliphatic carbocycles. The number of fused-ring (bicyclic) bond motifs is 3. The third-order valence-electron chi connectivity index (χ3n) is 9.99. The monoisotopic (exact) mass is 694 g/mol. The first-order valence-corrected chi connectivity index (χ1v) is 18.7. The molecule has 264 valence electrons. The molecule has 1 aromatic carbocycles. The van der Waals surface area contributed by atoms with Crippen LogP contribution >= 0.6 is 0 Å². The van der Waals surface area contributed by atoms with E-state index >= 15 is 0 Å². The molecule has 14 heteroatoms. The van der Waals surface area contributed by atoms with Gasteiger partial charge in [-0.25, -0.2) is 18.2 Å². The predicted octanol–water partition coefficient (Wildman–Crippen LogP) is 2.69. The van der Waals surface area contributed by atoms with Gasteiger partial charge in [-0.3, -0.25) is 19.1 Å². The summed E-state index contributed by atoms with van der Waals surface area (Å²) in [6.45, 7) is 9.73. The number of hydrogen-bond donors (Lipinski definition) is 4.